The van der Waals surface area contributed by atoms with Gasteiger partial charge in [0.05, 0.1) is 0 Å². The summed E-state index contributed by atoms with van der Waals surface area (Å²) in [5.74, 6) is 0.770. The Kier molecular flexibility index (Phi) is 2.63. The first-order valence-corrected chi connectivity index (χ1v) is 3.57. The van der Waals surface area contributed by atoms with Gasteiger partial charge in [0, 0.05) is 5.92 Å². The van der Waals surface area contributed by atoms with Crippen LogP contribution in [0.5, 0.6) is 0 Å². The maximum atomic E-state index is 3.92. The summed E-state index contributed by atoms with van der Waals surface area (Å²) in [5, 5.41) is 11.2. The molecule has 0 atom stereocenters. The molecule has 58 valence electrons. The van der Waals surface area contributed by atoms with Crippen molar-refractivity contribution in [2.24, 2.45) is 16.1 Å². The van der Waals surface area contributed by atoms with E-state index in [1.807, 2.05) is 0 Å². The molecule has 3 nitrogen and oxygen atoms in total. The summed E-state index contributed by atoms with van der Waals surface area (Å²) in [7, 11) is 0. The van der Waals surface area contributed by atoms with Crippen LogP contribution >= 0.6 is 12.4 Å². The molecule has 1 N–H and O–H groups in total. The van der Waals surface area contributed by atoms with Gasteiger partial charge in [-0.25, -0.2) is 0 Å². The van der Waals surface area contributed by atoms with Gasteiger partial charge in [0.25, 0.3) is 0 Å². The predicted molar refractivity (Wildman–Crippen MR) is 41.5 cm³/mol. The first-order valence-electron chi connectivity index (χ1n) is 3.57. The highest BCUT2D eigenvalue weighted by Crippen LogP contribution is 2.27. The third kappa shape index (κ3) is 1.67. The predicted octanol–water partition coefficient (Wildman–Crippen LogP) is 1.20. The molecule has 2 aliphatic rings. The molecule has 0 radical (unpaired) electrons. The van der Waals surface area contributed by atoms with Crippen LogP contribution in [0, 0.1) is 5.92 Å². The minimum atomic E-state index is 0. The fourth-order valence-electron chi connectivity index (χ4n) is 1.37. The Morgan fingerprint density at radius 1 is 1.10 bits per heavy atom. The number of rotatable bonds is 1. The van der Waals surface area contributed by atoms with E-state index in [9.17, 15) is 0 Å². The van der Waals surface area contributed by atoms with E-state index in [0.29, 0.717) is 6.17 Å². The molecule has 10 heavy (non-hydrogen) atoms. The molecular formula is C6H12ClN3. The van der Waals surface area contributed by atoms with Crippen molar-refractivity contribution in [3.63, 3.8) is 0 Å². The first kappa shape index (κ1) is 7.95. The Morgan fingerprint density at radius 3 is 2.20 bits per heavy atom. The standard InChI is InChI=1S/C6H11N3.ClH/c1-3-7-4-2-5(1)6-8-9-6;/h5-7H,1-4H2;1H. The van der Waals surface area contributed by atoms with Crippen LogP contribution in [-0.2, 0) is 0 Å². The molecule has 0 saturated carbocycles. The highest BCUT2D eigenvalue weighted by molar-refractivity contribution is 5.85. The lowest BCUT2D eigenvalue weighted by atomic mass is 9.97. The summed E-state index contributed by atoms with van der Waals surface area (Å²) in [6, 6.07) is 0. The van der Waals surface area contributed by atoms with E-state index in [2.05, 4.69) is 15.5 Å². The van der Waals surface area contributed by atoms with Gasteiger partial charge < -0.3 is 5.32 Å². The second kappa shape index (κ2) is 3.30. The van der Waals surface area contributed by atoms with Gasteiger partial charge in [-0.1, -0.05) is 0 Å². The van der Waals surface area contributed by atoms with Crippen molar-refractivity contribution in [1.82, 2.24) is 5.32 Å². The summed E-state index contributed by atoms with van der Waals surface area (Å²) in [6.45, 7) is 2.32. The molecule has 4 heteroatoms. The lowest BCUT2D eigenvalue weighted by Crippen LogP contribution is -2.30. The van der Waals surface area contributed by atoms with Crippen LogP contribution in [0.2, 0.25) is 0 Å². The SMILES string of the molecule is C1CC(C2N=N2)CCN1.Cl. The summed E-state index contributed by atoms with van der Waals surface area (Å²) in [4.78, 5) is 0. The topological polar surface area (TPSA) is 36.8 Å². The van der Waals surface area contributed by atoms with Gasteiger partial charge in [0.2, 0.25) is 0 Å². The van der Waals surface area contributed by atoms with E-state index in [1.165, 1.54) is 12.8 Å². The summed E-state index contributed by atoms with van der Waals surface area (Å²) in [5.41, 5.74) is 0. The van der Waals surface area contributed by atoms with Crippen molar-refractivity contribution >= 4 is 12.4 Å². The van der Waals surface area contributed by atoms with Gasteiger partial charge in [-0.05, 0) is 25.9 Å². The molecule has 2 aliphatic heterocycles. The lowest BCUT2D eigenvalue weighted by Gasteiger charge is -2.19. The van der Waals surface area contributed by atoms with E-state index >= 15 is 0 Å². The zero-order valence-corrected chi connectivity index (χ0v) is 6.60. The number of piperidine rings is 1. The van der Waals surface area contributed by atoms with Crippen molar-refractivity contribution in [2.45, 2.75) is 19.0 Å². The molecule has 1 saturated heterocycles. The van der Waals surface area contributed by atoms with Crippen LogP contribution in [0.3, 0.4) is 0 Å². The number of nitrogens with zero attached hydrogens (tertiary/aromatic N) is 2. The van der Waals surface area contributed by atoms with Crippen molar-refractivity contribution in [1.29, 1.82) is 0 Å². The summed E-state index contributed by atoms with van der Waals surface area (Å²) < 4.78 is 0. The maximum Gasteiger partial charge on any atom is 0.183 e. The highest BCUT2D eigenvalue weighted by atomic mass is 35.5. The lowest BCUT2D eigenvalue weighted by molar-refractivity contribution is 0.362. The third-order valence-corrected chi connectivity index (χ3v) is 2.05. The minimum Gasteiger partial charge on any atom is -0.317 e. The molecule has 0 spiro atoms. The zero-order valence-electron chi connectivity index (χ0n) is 5.79. The number of nitrogens with one attached hydrogen (secondary N) is 1. The van der Waals surface area contributed by atoms with Crippen molar-refractivity contribution < 1.29 is 0 Å². The summed E-state index contributed by atoms with van der Waals surface area (Å²) >= 11 is 0. The van der Waals surface area contributed by atoms with Gasteiger partial charge in [0.1, 0.15) is 0 Å². The van der Waals surface area contributed by atoms with Crippen LogP contribution < -0.4 is 5.32 Å². The first-order chi connectivity index (χ1) is 4.47. The van der Waals surface area contributed by atoms with E-state index in [4.69, 9.17) is 0 Å². The Morgan fingerprint density at radius 2 is 1.70 bits per heavy atom. The Bertz CT molecular complexity index is 125. The van der Waals surface area contributed by atoms with Crippen LogP contribution in [0.4, 0.5) is 0 Å². The fourth-order valence-corrected chi connectivity index (χ4v) is 1.37. The fraction of sp³-hybridized carbons (Fsp3) is 1.00. The zero-order chi connectivity index (χ0) is 6.10. The van der Waals surface area contributed by atoms with Gasteiger partial charge in [-0.2, -0.15) is 10.2 Å². The molecule has 0 aliphatic carbocycles. The largest absolute Gasteiger partial charge is 0.317 e. The summed E-state index contributed by atoms with van der Waals surface area (Å²) in [6.07, 6.45) is 2.92. The Hall–Kier alpha value is -0.150. The highest BCUT2D eigenvalue weighted by Gasteiger charge is 2.28. The molecule has 0 aromatic rings. The Labute approximate surface area is 66.7 Å². The van der Waals surface area contributed by atoms with E-state index in [0.717, 1.165) is 19.0 Å². The van der Waals surface area contributed by atoms with E-state index in [-0.39, 0.29) is 12.4 Å². The molecule has 2 rings (SSSR count). The smallest absolute Gasteiger partial charge is 0.183 e. The Balaban J connectivity index is 0.000000500. The molecule has 0 aromatic heterocycles. The van der Waals surface area contributed by atoms with Crippen LogP contribution in [0.25, 0.3) is 0 Å². The van der Waals surface area contributed by atoms with Gasteiger partial charge >= 0.3 is 0 Å². The number of hydrogen-bond acceptors (Lipinski definition) is 3. The monoisotopic (exact) mass is 161 g/mol. The van der Waals surface area contributed by atoms with Crippen LogP contribution in [0.1, 0.15) is 12.8 Å². The minimum absolute atomic E-state index is 0. The molecule has 0 amide bonds. The molecular weight excluding hydrogens is 150 g/mol. The normalized spacial score (nSPS) is 26.0. The number of hydrogen-bond donors (Lipinski definition) is 1. The molecule has 0 unspecified atom stereocenters. The second-order valence-electron chi connectivity index (χ2n) is 2.73. The molecule has 0 bridgehead atoms. The van der Waals surface area contributed by atoms with Crippen molar-refractivity contribution in [3.8, 4) is 0 Å². The van der Waals surface area contributed by atoms with E-state index < -0.39 is 0 Å². The average Bonchev–Trinajstić information content (AvgIpc) is 2.71. The van der Waals surface area contributed by atoms with Crippen molar-refractivity contribution in [3.05, 3.63) is 0 Å². The van der Waals surface area contributed by atoms with Crippen LogP contribution in [0.15, 0.2) is 10.2 Å². The number of halogens is 1. The van der Waals surface area contributed by atoms with E-state index in [1.54, 1.807) is 0 Å². The van der Waals surface area contributed by atoms with Crippen LogP contribution in [-0.4, -0.2) is 19.3 Å². The quantitative estimate of drug-likeness (QED) is 0.617. The average molecular weight is 162 g/mol. The maximum absolute atomic E-state index is 3.92. The van der Waals surface area contributed by atoms with Gasteiger partial charge in [0.15, 0.2) is 6.17 Å². The van der Waals surface area contributed by atoms with Gasteiger partial charge in [-0.15, -0.1) is 12.4 Å². The third-order valence-electron chi connectivity index (χ3n) is 2.05. The second-order valence-corrected chi connectivity index (χ2v) is 2.73. The molecule has 2 heterocycles. The molecule has 1 fully saturated rings. The van der Waals surface area contributed by atoms with Crippen molar-refractivity contribution in [2.75, 3.05) is 13.1 Å². The molecule has 0 aromatic carbocycles. The van der Waals surface area contributed by atoms with Gasteiger partial charge in [-0.3, -0.25) is 0 Å².